The summed E-state index contributed by atoms with van der Waals surface area (Å²) in [4.78, 5) is 7.88. The normalized spacial score (nSPS) is 15.4. The van der Waals surface area contributed by atoms with Crippen LogP contribution in [0.1, 0.15) is 11.5 Å². The second-order valence-corrected chi connectivity index (χ2v) is 5.22. The first-order chi connectivity index (χ1) is 9.79. The molecule has 100 valence electrons. The summed E-state index contributed by atoms with van der Waals surface area (Å²) >= 11 is 0. The molecular weight excluding hydrogens is 253 g/mol. The van der Waals surface area contributed by atoms with E-state index in [4.69, 9.17) is 0 Å². The molecular formula is C16H14FN3. The predicted octanol–water partition coefficient (Wildman–Crippen LogP) is 3.06. The first-order valence-electron chi connectivity index (χ1n) is 6.76. The van der Waals surface area contributed by atoms with E-state index >= 15 is 0 Å². The summed E-state index contributed by atoms with van der Waals surface area (Å²) in [6, 6.07) is 12.7. The van der Waals surface area contributed by atoms with Crippen molar-refractivity contribution in [3.63, 3.8) is 0 Å². The number of H-pyrrole nitrogens is 1. The molecule has 1 aromatic heterocycles. The zero-order valence-corrected chi connectivity index (χ0v) is 10.9. The van der Waals surface area contributed by atoms with Crippen molar-refractivity contribution in [2.75, 3.05) is 13.1 Å². The maximum Gasteiger partial charge on any atom is 0.138 e. The summed E-state index contributed by atoms with van der Waals surface area (Å²) in [5, 5.41) is 3.28. The van der Waals surface area contributed by atoms with Crippen molar-refractivity contribution >= 4 is 11.0 Å². The molecule has 0 saturated carbocycles. The van der Waals surface area contributed by atoms with Gasteiger partial charge in [0.05, 0.1) is 11.0 Å². The Morgan fingerprint density at radius 3 is 2.55 bits per heavy atom. The molecule has 0 aliphatic carbocycles. The number of nitrogens with zero attached hydrogens (tertiary/aromatic N) is 1. The molecule has 4 rings (SSSR count). The van der Waals surface area contributed by atoms with Gasteiger partial charge in [-0.25, -0.2) is 9.37 Å². The first kappa shape index (κ1) is 11.6. The van der Waals surface area contributed by atoms with Crippen LogP contribution in [-0.4, -0.2) is 23.1 Å². The molecule has 0 unspecified atom stereocenters. The lowest BCUT2D eigenvalue weighted by atomic mass is 9.93. The highest BCUT2D eigenvalue weighted by molar-refractivity contribution is 5.80. The molecule has 2 N–H and O–H groups in total. The minimum Gasteiger partial charge on any atom is -0.338 e. The van der Waals surface area contributed by atoms with Gasteiger partial charge in [0, 0.05) is 24.6 Å². The highest BCUT2D eigenvalue weighted by Crippen LogP contribution is 2.25. The Bertz CT molecular complexity index is 757. The van der Waals surface area contributed by atoms with Gasteiger partial charge in [0.1, 0.15) is 11.6 Å². The maximum atomic E-state index is 13.0. The van der Waals surface area contributed by atoms with E-state index in [1.54, 1.807) is 12.1 Å². The topological polar surface area (TPSA) is 40.7 Å². The van der Waals surface area contributed by atoms with E-state index in [9.17, 15) is 4.39 Å². The van der Waals surface area contributed by atoms with Crippen LogP contribution in [0, 0.1) is 5.82 Å². The lowest BCUT2D eigenvalue weighted by molar-refractivity contribution is 0.449. The van der Waals surface area contributed by atoms with Crippen LogP contribution in [0.25, 0.3) is 22.4 Å². The van der Waals surface area contributed by atoms with Crippen LogP contribution in [-0.2, 0) is 0 Å². The van der Waals surface area contributed by atoms with Crippen molar-refractivity contribution in [3.8, 4) is 11.4 Å². The fraction of sp³-hybridized carbons (Fsp3) is 0.188. The standard InChI is InChI=1S/C16H14FN3/c17-13-4-1-10(2-5-13)16-19-14-6-3-11(7-15(14)20-16)12-8-18-9-12/h1-7,12,18H,8-9H2,(H,19,20). The van der Waals surface area contributed by atoms with Crippen molar-refractivity contribution in [2.24, 2.45) is 0 Å². The Morgan fingerprint density at radius 1 is 1.05 bits per heavy atom. The molecule has 0 radical (unpaired) electrons. The molecule has 20 heavy (non-hydrogen) atoms. The van der Waals surface area contributed by atoms with Crippen molar-refractivity contribution in [1.29, 1.82) is 0 Å². The SMILES string of the molecule is Fc1ccc(-c2nc3ccc(C4CNC4)cc3[nH]2)cc1. The summed E-state index contributed by atoms with van der Waals surface area (Å²) < 4.78 is 13.0. The predicted molar refractivity (Wildman–Crippen MR) is 77.1 cm³/mol. The van der Waals surface area contributed by atoms with Gasteiger partial charge in [0.25, 0.3) is 0 Å². The molecule has 2 heterocycles. The zero-order chi connectivity index (χ0) is 13.5. The lowest BCUT2D eigenvalue weighted by Gasteiger charge is -2.27. The van der Waals surface area contributed by atoms with E-state index in [0.29, 0.717) is 5.92 Å². The minimum absolute atomic E-state index is 0.232. The van der Waals surface area contributed by atoms with Gasteiger partial charge in [-0.15, -0.1) is 0 Å². The minimum atomic E-state index is -0.232. The first-order valence-corrected chi connectivity index (χ1v) is 6.76. The van der Waals surface area contributed by atoms with Gasteiger partial charge < -0.3 is 10.3 Å². The summed E-state index contributed by atoms with van der Waals surface area (Å²) in [7, 11) is 0. The summed E-state index contributed by atoms with van der Waals surface area (Å²) in [6.45, 7) is 2.09. The van der Waals surface area contributed by atoms with E-state index in [0.717, 1.165) is 35.5 Å². The summed E-state index contributed by atoms with van der Waals surface area (Å²) in [6.07, 6.45) is 0. The molecule has 0 spiro atoms. The number of halogens is 1. The largest absolute Gasteiger partial charge is 0.338 e. The fourth-order valence-electron chi connectivity index (χ4n) is 2.55. The molecule has 1 fully saturated rings. The number of imidazole rings is 1. The third-order valence-corrected chi connectivity index (χ3v) is 3.88. The van der Waals surface area contributed by atoms with Gasteiger partial charge in [-0.3, -0.25) is 0 Å². The smallest absolute Gasteiger partial charge is 0.138 e. The average molecular weight is 267 g/mol. The number of benzene rings is 2. The molecule has 1 aliphatic rings. The Labute approximate surface area is 115 Å². The van der Waals surface area contributed by atoms with Crippen LogP contribution in [0.5, 0.6) is 0 Å². The number of rotatable bonds is 2. The number of fused-ring (bicyclic) bond motifs is 1. The highest BCUT2D eigenvalue weighted by Gasteiger charge is 2.19. The van der Waals surface area contributed by atoms with E-state index < -0.39 is 0 Å². The third-order valence-electron chi connectivity index (χ3n) is 3.88. The van der Waals surface area contributed by atoms with Crippen LogP contribution in [0.2, 0.25) is 0 Å². The second kappa shape index (κ2) is 4.42. The van der Waals surface area contributed by atoms with Gasteiger partial charge in [-0.1, -0.05) is 6.07 Å². The van der Waals surface area contributed by atoms with E-state index in [1.165, 1.54) is 17.7 Å². The van der Waals surface area contributed by atoms with Crippen LogP contribution in [0.3, 0.4) is 0 Å². The van der Waals surface area contributed by atoms with Crippen LogP contribution < -0.4 is 5.32 Å². The average Bonchev–Trinajstić information content (AvgIpc) is 2.80. The van der Waals surface area contributed by atoms with Crippen LogP contribution in [0.4, 0.5) is 4.39 Å². The molecule has 3 aromatic rings. The Morgan fingerprint density at radius 2 is 1.85 bits per heavy atom. The van der Waals surface area contributed by atoms with Gasteiger partial charge >= 0.3 is 0 Å². The number of aromatic amines is 1. The highest BCUT2D eigenvalue weighted by atomic mass is 19.1. The molecule has 1 saturated heterocycles. The van der Waals surface area contributed by atoms with Crippen molar-refractivity contribution in [3.05, 3.63) is 53.8 Å². The molecule has 0 atom stereocenters. The zero-order valence-electron chi connectivity index (χ0n) is 10.9. The molecule has 0 amide bonds. The summed E-state index contributed by atoms with van der Waals surface area (Å²) in [5.41, 5.74) is 4.22. The number of aromatic nitrogens is 2. The Hall–Kier alpha value is -2.20. The van der Waals surface area contributed by atoms with Gasteiger partial charge in [-0.05, 0) is 42.0 Å². The van der Waals surface area contributed by atoms with Gasteiger partial charge in [0.2, 0.25) is 0 Å². The van der Waals surface area contributed by atoms with Crippen molar-refractivity contribution in [1.82, 2.24) is 15.3 Å². The lowest BCUT2D eigenvalue weighted by Crippen LogP contribution is -2.39. The fourth-order valence-corrected chi connectivity index (χ4v) is 2.55. The van der Waals surface area contributed by atoms with Gasteiger partial charge in [-0.2, -0.15) is 0 Å². The number of hydrogen-bond donors (Lipinski definition) is 2. The molecule has 0 bridgehead atoms. The third kappa shape index (κ3) is 1.89. The second-order valence-electron chi connectivity index (χ2n) is 5.22. The van der Waals surface area contributed by atoms with E-state index in [1.807, 2.05) is 6.07 Å². The molecule has 1 aliphatic heterocycles. The van der Waals surface area contributed by atoms with Crippen LogP contribution in [0.15, 0.2) is 42.5 Å². The number of hydrogen-bond acceptors (Lipinski definition) is 2. The van der Waals surface area contributed by atoms with E-state index in [-0.39, 0.29) is 5.82 Å². The molecule has 2 aromatic carbocycles. The molecule has 3 nitrogen and oxygen atoms in total. The van der Waals surface area contributed by atoms with Crippen molar-refractivity contribution < 1.29 is 4.39 Å². The summed E-state index contributed by atoms with van der Waals surface area (Å²) in [5.74, 6) is 1.16. The van der Waals surface area contributed by atoms with Crippen molar-refractivity contribution in [2.45, 2.75) is 5.92 Å². The Kier molecular flexibility index (Phi) is 2.57. The quantitative estimate of drug-likeness (QED) is 0.749. The molecule has 4 heteroatoms. The van der Waals surface area contributed by atoms with Gasteiger partial charge in [0.15, 0.2) is 0 Å². The van der Waals surface area contributed by atoms with E-state index in [2.05, 4.69) is 27.4 Å². The monoisotopic (exact) mass is 267 g/mol. The number of nitrogens with one attached hydrogen (secondary N) is 2. The van der Waals surface area contributed by atoms with Crippen LogP contribution >= 0.6 is 0 Å². The Balaban J connectivity index is 1.76. The maximum absolute atomic E-state index is 13.0.